The summed E-state index contributed by atoms with van der Waals surface area (Å²) in [5, 5.41) is 0. The van der Waals surface area contributed by atoms with Gasteiger partial charge in [-0.15, -0.1) is 0 Å². The lowest BCUT2D eigenvalue weighted by atomic mass is 10.1. The Labute approximate surface area is 137 Å². The molecular formula is C20H22N2O. The summed E-state index contributed by atoms with van der Waals surface area (Å²) in [5.41, 5.74) is 2.18. The molecule has 2 aliphatic rings. The summed E-state index contributed by atoms with van der Waals surface area (Å²) in [6, 6.07) is 21.1. The van der Waals surface area contributed by atoms with E-state index in [-0.39, 0.29) is 5.91 Å². The van der Waals surface area contributed by atoms with Gasteiger partial charge in [-0.25, -0.2) is 0 Å². The molecule has 2 bridgehead atoms. The number of benzene rings is 2. The third-order valence-corrected chi connectivity index (χ3v) is 5.06. The van der Waals surface area contributed by atoms with Gasteiger partial charge in [-0.3, -0.25) is 9.69 Å². The summed E-state index contributed by atoms with van der Waals surface area (Å²) in [6.07, 6.45) is 2.27. The summed E-state index contributed by atoms with van der Waals surface area (Å²) >= 11 is 0. The molecule has 2 fully saturated rings. The largest absolute Gasteiger partial charge is 0.330 e. The highest BCUT2D eigenvalue weighted by Crippen LogP contribution is 2.32. The van der Waals surface area contributed by atoms with Crippen LogP contribution in [0.2, 0.25) is 0 Å². The lowest BCUT2D eigenvalue weighted by Gasteiger charge is -2.41. The highest BCUT2D eigenvalue weighted by atomic mass is 16.2. The fourth-order valence-electron chi connectivity index (χ4n) is 4.02. The van der Waals surface area contributed by atoms with E-state index in [0.717, 1.165) is 38.0 Å². The molecule has 2 aromatic rings. The average molecular weight is 306 g/mol. The fraction of sp³-hybridized carbons (Fsp3) is 0.350. The summed E-state index contributed by atoms with van der Waals surface area (Å²) < 4.78 is 0. The van der Waals surface area contributed by atoms with Crippen molar-refractivity contribution in [2.45, 2.75) is 31.5 Å². The van der Waals surface area contributed by atoms with E-state index >= 15 is 0 Å². The molecule has 0 aliphatic carbocycles. The van der Waals surface area contributed by atoms with Gasteiger partial charge in [0.1, 0.15) is 0 Å². The molecule has 0 aromatic heterocycles. The molecule has 3 nitrogen and oxygen atoms in total. The molecule has 2 atom stereocenters. The van der Waals surface area contributed by atoms with Gasteiger partial charge in [-0.05, 0) is 30.5 Å². The molecule has 4 rings (SSSR count). The number of likely N-dealkylation sites (tertiary alicyclic amines) is 1. The van der Waals surface area contributed by atoms with Crippen molar-refractivity contribution >= 4 is 5.91 Å². The molecule has 1 amide bonds. The van der Waals surface area contributed by atoms with Gasteiger partial charge in [0.25, 0.3) is 5.91 Å². The van der Waals surface area contributed by atoms with Crippen LogP contribution < -0.4 is 0 Å². The number of fused-ring (bicyclic) bond motifs is 2. The third kappa shape index (κ3) is 2.89. The number of carbonyl (C=O) groups is 1. The topological polar surface area (TPSA) is 23.6 Å². The van der Waals surface area contributed by atoms with Crippen LogP contribution >= 0.6 is 0 Å². The van der Waals surface area contributed by atoms with E-state index in [0.29, 0.717) is 12.1 Å². The summed E-state index contributed by atoms with van der Waals surface area (Å²) in [5.74, 6) is 0.206. The SMILES string of the molecule is O=C(c1ccccc1)N1C2CCC1CN(Cc1ccccc1)C2. The Bertz CT molecular complexity index is 657. The van der Waals surface area contributed by atoms with Gasteiger partial charge in [0.2, 0.25) is 0 Å². The van der Waals surface area contributed by atoms with E-state index in [9.17, 15) is 4.79 Å². The molecule has 2 unspecified atom stereocenters. The molecule has 0 spiro atoms. The molecule has 23 heavy (non-hydrogen) atoms. The Morgan fingerprint density at radius 1 is 0.870 bits per heavy atom. The zero-order chi connectivity index (χ0) is 15.6. The smallest absolute Gasteiger partial charge is 0.254 e. The first kappa shape index (κ1) is 14.5. The number of amides is 1. The third-order valence-electron chi connectivity index (χ3n) is 5.06. The van der Waals surface area contributed by atoms with Crippen molar-refractivity contribution < 1.29 is 4.79 Å². The maximum atomic E-state index is 12.8. The van der Waals surface area contributed by atoms with E-state index in [1.54, 1.807) is 0 Å². The van der Waals surface area contributed by atoms with Crippen molar-refractivity contribution in [3.63, 3.8) is 0 Å². The van der Waals surface area contributed by atoms with Crippen molar-refractivity contribution in [3.05, 3.63) is 71.8 Å². The van der Waals surface area contributed by atoms with Crippen LogP contribution in [0.3, 0.4) is 0 Å². The Hall–Kier alpha value is -2.13. The van der Waals surface area contributed by atoms with Crippen molar-refractivity contribution in [2.24, 2.45) is 0 Å². The summed E-state index contributed by atoms with van der Waals surface area (Å²) in [4.78, 5) is 17.5. The first-order valence-electron chi connectivity index (χ1n) is 8.45. The zero-order valence-corrected chi connectivity index (χ0v) is 13.3. The summed E-state index contributed by atoms with van der Waals surface area (Å²) in [7, 11) is 0. The minimum atomic E-state index is 0.206. The minimum absolute atomic E-state index is 0.206. The van der Waals surface area contributed by atoms with Crippen LogP contribution in [-0.4, -0.2) is 40.9 Å². The monoisotopic (exact) mass is 306 g/mol. The molecule has 2 aromatic carbocycles. The van der Waals surface area contributed by atoms with Crippen molar-refractivity contribution in [1.82, 2.24) is 9.80 Å². The van der Waals surface area contributed by atoms with Crippen LogP contribution in [0.4, 0.5) is 0 Å². The van der Waals surface area contributed by atoms with Gasteiger partial charge in [0.05, 0.1) is 0 Å². The number of hydrogen-bond acceptors (Lipinski definition) is 2. The second kappa shape index (κ2) is 6.17. The number of hydrogen-bond donors (Lipinski definition) is 0. The van der Waals surface area contributed by atoms with E-state index < -0.39 is 0 Å². The van der Waals surface area contributed by atoms with Gasteiger partial charge < -0.3 is 4.90 Å². The van der Waals surface area contributed by atoms with E-state index in [1.165, 1.54) is 5.56 Å². The minimum Gasteiger partial charge on any atom is -0.330 e. The Balaban J connectivity index is 1.47. The fourth-order valence-corrected chi connectivity index (χ4v) is 4.02. The van der Waals surface area contributed by atoms with E-state index in [2.05, 4.69) is 40.1 Å². The van der Waals surface area contributed by atoms with Gasteiger partial charge in [0.15, 0.2) is 0 Å². The summed E-state index contributed by atoms with van der Waals surface area (Å²) in [6.45, 7) is 2.97. The van der Waals surface area contributed by atoms with Crippen LogP contribution in [0.1, 0.15) is 28.8 Å². The number of nitrogens with zero attached hydrogens (tertiary/aromatic N) is 2. The van der Waals surface area contributed by atoms with Crippen molar-refractivity contribution in [3.8, 4) is 0 Å². The quantitative estimate of drug-likeness (QED) is 0.869. The molecule has 0 saturated carbocycles. The maximum absolute atomic E-state index is 12.8. The first-order valence-corrected chi connectivity index (χ1v) is 8.45. The van der Waals surface area contributed by atoms with Gasteiger partial charge in [-0.2, -0.15) is 0 Å². The molecule has 2 heterocycles. The van der Waals surface area contributed by atoms with E-state index in [1.807, 2.05) is 30.3 Å². The van der Waals surface area contributed by atoms with Crippen molar-refractivity contribution in [1.29, 1.82) is 0 Å². The van der Waals surface area contributed by atoms with Gasteiger partial charge in [-0.1, -0.05) is 48.5 Å². The predicted octanol–water partition coefficient (Wildman–Crippen LogP) is 3.18. The van der Waals surface area contributed by atoms with Crippen LogP contribution in [-0.2, 0) is 6.54 Å². The molecule has 0 N–H and O–H groups in total. The molecule has 2 aliphatic heterocycles. The Morgan fingerprint density at radius 2 is 1.43 bits per heavy atom. The number of carbonyl (C=O) groups excluding carboxylic acids is 1. The highest BCUT2D eigenvalue weighted by Gasteiger charge is 2.42. The zero-order valence-electron chi connectivity index (χ0n) is 13.3. The molecule has 2 saturated heterocycles. The van der Waals surface area contributed by atoms with Crippen LogP contribution in [0.5, 0.6) is 0 Å². The molecule has 118 valence electrons. The lowest BCUT2D eigenvalue weighted by molar-refractivity contribution is 0.0405. The van der Waals surface area contributed by atoms with Crippen molar-refractivity contribution in [2.75, 3.05) is 13.1 Å². The van der Waals surface area contributed by atoms with Gasteiger partial charge >= 0.3 is 0 Å². The highest BCUT2D eigenvalue weighted by molar-refractivity contribution is 5.94. The Kier molecular flexibility index (Phi) is 3.88. The van der Waals surface area contributed by atoms with Crippen LogP contribution in [0.25, 0.3) is 0 Å². The second-order valence-corrected chi connectivity index (χ2v) is 6.64. The van der Waals surface area contributed by atoms with Crippen LogP contribution in [0.15, 0.2) is 60.7 Å². The molecular weight excluding hydrogens is 284 g/mol. The standard InChI is InChI=1S/C20H22N2O/c23-20(17-9-5-2-6-10-17)22-18-11-12-19(22)15-21(14-18)13-16-7-3-1-4-8-16/h1-10,18-19H,11-15H2. The normalized spacial score (nSPS) is 23.9. The number of rotatable bonds is 3. The predicted molar refractivity (Wildman–Crippen MR) is 91.1 cm³/mol. The van der Waals surface area contributed by atoms with Gasteiger partial charge in [0, 0.05) is 37.3 Å². The Morgan fingerprint density at radius 3 is 2.04 bits per heavy atom. The first-order chi connectivity index (χ1) is 11.3. The number of piperazine rings is 1. The maximum Gasteiger partial charge on any atom is 0.254 e. The lowest BCUT2D eigenvalue weighted by Crippen LogP contribution is -2.55. The van der Waals surface area contributed by atoms with Crippen LogP contribution in [0, 0.1) is 0 Å². The molecule has 0 radical (unpaired) electrons. The van der Waals surface area contributed by atoms with E-state index in [4.69, 9.17) is 0 Å². The average Bonchev–Trinajstić information content (AvgIpc) is 2.87. The molecule has 3 heteroatoms. The second-order valence-electron chi connectivity index (χ2n) is 6.64.